The molecule has 0 aliphatic carbocycles. The Labute approximate surface area is 102 Å². The molecule has 1 atom stereocenters. The van der Waals surface area contributed by atoms with Crippen molar-refractivity contribution in [1.82, 2.24) is 5.32 Å². The second-order valence-corrected chi connectivity index (χ2v) is 5.87. The van der Waals surface area contributed by atoms with Gasteiger partial charge in [-0.05, 0) is 17.5 Å². The van der Waals surface area contributed by atoms with Crippen molar-refractivity contribution in [3.8, 4) is 0 Å². The fraction of sp³-hybridized carbons (Fsp3) is 0.455. The predicted octanol–water partition coefficient (Wildman–Crippen LogP) is 1.95. The van der Waals surface area contributed by atoms with Gasteiger partial charge in [-0.3, -0.25) is 4.21 Å². The van der Waals surface area contributed by atoms with Gasteiger partial charge in [-0.2, -0.15) is 0 Å². The quantitative estimate of drug-likeness (QED) is 0.898. The third kappa shape index (κ3) is 2.81. The van der Waals surface area contributed by atoms with Gasteiger partial charge >= 0.3 is 0 Å². The number of hydrogen-bond acceptors (Lipinski definition) is 2. The lowest BCUT2D eigenvalue weighted by Gasteiger charge is -2.26. The lowest BCUT2D eigenvalue weighted by molar-refractivity contribution is 0.382. The van der Waals surface area contributed by atoms with Gasteiger partial charge in [-0.15, -0.1) is 0 Å². The largest absolute Gasteiger partial charge is 0.316 e. The molecule has 1 N–H and O–H groups in total. The molecule has 1 aromatic carbocycles. The van der Waals surface area contributed by atoms with E-state index in [4.69, 9.17) is 11.6 Å². The van der Waals surface area contributed by atoms with Gasteiger partial charge in [0.25, 0.3) is 0 Å². The summed E-state index contributed by atoms with van der Waals surface area (Å²) < 4.78 is 24.9. The van der Waals surface area contributed by atoms with E-state index in [1.54, 1.807) is 12.1 Å². The van der Waals surface area contributed by atoms with Crippen LogP contribution in [0.3, 0.4) is 0 Å². The lowest BCUT2D eigenvalue weighted by atomic mass is 10.1. The molecule has 0 bridgehead atoms. The molecule has 5 heteroatoms. The van der Waals surface area contributed by atoms with Gasteiger partial charge in [-0.25, -0.2) is 4.39 Å². The number of benzene rings is 1. The SMILES string of the molecule is O=S(Cc1cccc(F)c1Cl)CC1CNC1. The normalized spacial score (nSPS) is 18.1. The van der Waals surface area contributed by atoms with E-state index in [2.05, 4.69) is 5.32 Å². The number of nitrogens with one attached hydrogen (secondary N) is 1. The fourth-order valence-electron chi connectivity index (χ4n) is 1.62. The highest BCUT2D eigenvalue weighted by Gasteiger charge is 2.20. The Morgan fingerprint density at radius 1 is 1.50 bits per heavy atom. The molecule has 0 radical (unpaired) electrons. The van der Waals surface area contributed by atoms with Crippen molar-refractivity contribution in [1.29, 1.82) is 0 Å². The van der Waals surface area contributed by atoms with Crippen molar-refractivity contribution < 1.29 is 8.60 Å². The molecule has 1 fully saturated rings. The lowest BCUT2D eigenvalue weighted by Crippen LogP contribution is -2.44. The average molecular weight is 262 g/mol. The maximum absolute atomic E-state index is 13.1. The Hall–Kier alpha value is -0.450. The van der Waals surface area contributed by atoms with E-state index >= 15 is 0 Å². The number of halogens is 2. The molecule has 1 saturated heterocycles. The zero-order chi connectivity index (χ0) is 11.5. The van der Waals surface area contributed by atoms with E-state index < -0.39 is 16.6 Å². The minimum Gasteiger partial charge on any atom is -0.316 e. The van der Waals surface area contributed by atoms with Gasteiger partial charge in [0, 0.05) is 29.6 Å². The van der Waals surface area contributed by atoms with Gasteiger partial charge in [0.2, 0.25) is 0 Å². The molecule has 2 nitrogen and oxygen atoms in total. The molecule has 16 heavy (non-hydrogen) atoms. The van der Waals surface area contributed by atoms with Crippen molar-refractivity contribution in [3.05, 3.63) is 34.6 Å². The highest BCUT2D eigenvalue weighted by Crippen LogP contribution is 2.21. The topological polar surface area (TPSA) is 29.1 Å². The molecule has 1 aromatic rings. The predicted molar refractivity (Wildman–Crippen MR) is 64.5 cm³/mol. The molecule has 1 heterocycles. The van der Waals surface area contributed by atoms with Crippen LogP contribution in [0.1, 0.15) is 5.56 Å². The zero-order valence-electron chi connectivity index (χ0n) is 8.71. The molecular formula is C11H13ClFNOS. The average Bonchev–Trinajstić information content (AvgIpc) is 2.19. The summed E-state index contributed by atoms with van der Waals surface area (Å²) in [6.45, 7) is 1.87. The van der Waals surface area contributed by atoms with Crippen LogP contribution in [0.4, 0.5) is 4.39 Å². The summed E-state index contributed by atoms with van der Waals surface area (Å²) in [5, 5.41) is 3.23. The van der Waals surface area contributed by atoms with Crippen LogP contribution >= 0.6 is 11.6 Å². The second-order valence-electron chi connectivity index (χ2n) is 3.99. The molecule has 1 aliphatic heterocycles. The fourth-order valence-corrected chi connectivity index (χ4v) is 3.36. The van der Waals surface area contributed by atoms with Crippen molar-refractivity contribution in [2.75, 3.05) is 18.8 Å². The molecule has 0 saturated carbocycles. The molecule has 1 unspecified atom stereocenters. The maximum atomic E-state index is 13.1. The number of rotatable bonds is 4. The van der Waals surface area contributed by atoms with E-state index in [1.807, 2.05) is 0 Å². The highest BCUT2D eigenvalue weighted by molar-refractivity contribution is 7.84. The van der Waals surface area contributed by atoms with Gasteiger partial charge in [0.15, 0.2) is 0 Å². The number of hydrogen-bond donors (Lipinski definition) is 1. The van der Waals surface area contributed by atoms with Crippen LogP contribution in [0.2, 0.25) is 5.02 Å². The first-order valence-corrected chi connectivity index (χ1v) is 7.02. The first kappa shape index (κ1) is 12.0. The molecule has 2 rings (SSSR count). The molecule has 0 aromatic heterocycles. The van der Waals surface area contributed by atoms with Gasteiger partial charge in [0.1, 0.15) is 5.82 Å². The van der Waals surface area contributed by atoms with Gasteiger partial charge in [-0.1, -0.05) is 23.7 Å². The van der Waals surface area contributed by atoms with Crippen LogP contribution in [-0.4, -0.2) is 23.1 Å². The van der Waals surface area contributed by atoms with Gasteiger partial charge < -0.3 is 5.32 Å². The summed E-state index contributed by atoms with van der Waals surface area (Å²) in [5.74, 6) is 1.06. The minimum atomic E-state index is -0.959. The first-order valence-electron chi connectivity index (χ1n) is 5.15. The van der Waals surface area contributed by atoms with Crippen LogP contribution in [0.25, 0.3) is 0 Å². The Morgan fingerprint density at radius 2 is 2.25 bits per heavy atom. The molecule has 0 amide bonds. The second kappa shape index (κ2) is 5.25. The van der Waals surface area contributed by atoms with E-state index in [9.17, 15) is 8.60 Å². The van der Waals surface area contributed by atoms with Gasteiger partial charge in [0.05, 0.1) is 10.8 Å². The van der Waals surface area contributed by atoms with Crippen molar-refractivity contribution in [2.24, 2.45) is 5.92 Å². The van der Waals surface area contributed by atoms with E-state index in [0.717, 1.165) is 13.1 Å². The molecule has 0 spiro atoms. The van der Waals surface area contributed by atoms with Crippen LogP contribution in [0.15, 0.2) is 18.2 Å². The Bertz CT molecular complexity index is 409. The minimum absolute atomic E-state index is 0.0996. The monoisotopic (exact) mass is 261 g/mol. The van der Waals surface area contributed by atoms with Crippen molar-refractivity contribution in [3.63, 3.8) is 0 Å². The first-order chi connectivity index (χ1) is 7.66. The third-order valence-electron chi connectivity index (χ3n) is 2.64. The summed E-state index contributed by atoms with van der Waals surface area (Å²) >= 11 is 5.80. The molecular weight excluding hydrogens is 249 g/mol. The summed E-state index contributed by atoms with van der Waals surface area (Å²) in [4.78, 5) is 0. The summed E-state index contributed by atoms with van der Waals surface area (Å²) in [6, 6.07) is 4.63. The summed E-state index contributed by atoms with van der Waals surface area (Å²) in [7, 11) is -0.959. The Kier molecular flexibility index (Phi) is 3.95. The standard InChI is InChI=1S/C11H13ClFNOS/c12-11-9(2-1-3-10(11)13)7-16(15)6-8-4-14-5-8/h1-3,8,14H,4-7H2. The molecule has 1 aliphatic rings. The van der Waals surface area contributed by atoms with Crippen LogP contribution in [-0.2, 0) is 16.6 Å². The smallest absolute Gasteiger partial charge is 0.142 e. The van der Waals surface area contributed by atoms with Crippen molar-refractivity contribution in [2.45, 2.75) is 5.75 Å². The molecule has 88 valence electrons. The van der Waals surface area contributed by atoms with Crippen LogP contribution in [0, 0.1) is 11.7 Å². The Morgan fingerprint density at radius 3 is 2.88 bits per heavy atom. The summed E-state index contributed by atoms with van der Waals surface area (Å²) in [6.07, 6.45) is 0. The summed E-state index contributed by atoms with van der Waals surface area (Å²) in [5.41, 5.74) is 0.632. The highest BCUT2D eigenvalue weighted by atomic mass is 35.5. The van der Waals surface area contributed by atoms with Crippen LogP contribution < -0.4 is 5.32 Å². The van der Waals surface area contributed by atoms with E-state index in [1.165, 1.54) is 6.07 Å². The Balaban J connectivity index is 1.97. The third-order valence-corrected chi connectivity index (χ3v) is 4.54. The van der Waals surface area contributed by atoms with Crippen LogP contribution in [0.5, 0.6) is 0 Å². The van der Waals surface area contributed by atoms with E-state index in [0.29, 0.717) is 23.0 Å². The maximum Gasteiger partial charge on any atom is 0.142 e. The van der Waals surface area contributed by atoms with Crippen molar-refractivity contribution >= 4 is 22.4 Å². The van der Waals surface area contributed by atoms with E-state index in [-0.39, 0.29) is 5.02 Å². The zero-order valence-corrected chi connectivity index (χ0v) is 10.3.